The summed E-state index contributed by atoms with van der Waals surface area (Å²) in [5.41, 5.74) is 0. The molecule has 0 aromatic rings. The third kappa shape index (κ3) is 2.13. The third-order valence-electron chi connectivity index (χ3n) is 4.60. The molecule has 2 bridgehead atoms. The number of carbonyl (C=O) groups is 2. The SMILES string of the molecule is CCN1CCN(C(=O)C2C(C(=O)O)[C@H]3C=C[C@@H]2O3)CC1. The summed E-state index contributed by atoms with van der Waals surface area (Å²) in [4.78, 5) is 28.1. The number of aliphatic carboxylic acids is 1. The second-order valence-electron chi connectivity index (χ2n) is 5.60. The Morgan fingerprint density at radius 2 is 1.75 bits per heavy atom. The van der Waals surface area contributed by atoms with Crippen LogP contribution in [-0.2, 0) is 14.3 Å². The molecule has 3 rings (SSSR count). The second kappa shape index (κ2) is 5.18. The monoisotopic (exact) mass is 280 g/mol. The van der Waals surface area contributed by atoms with Gasteiger partial charge in [0.25, 0.3) is 0 Å². The molecule has 3 aliphatic rings. The highest BCUT2D eigenvalue weighted by Crippen LogP contribution is 2.40. The van der Waals surface area contributed by atoms with E-state index in [2.05, 4.69) is 11.8 Å². The fourth-order valence-corrected chi connectivity index (χ4v) is 3.39. The van der Waals surface area contributed by atoms with Crippen molar-refractivity contribution in [1.29, 1.82) is 0 Å². The topological polar surface area (TPSA) is 70.1 Å². The summed E-state index contributed by atoms with van der Waals surface area (Å²) in [6.45, 7) is 6.16. The van der Waals surface area contributed by atoms with Crippen LogP contribution in [0.2, 0.25) is 0 Å². The number of nitrogens with zero attached hydrogens (tertiary/aromatic N) is 2. The Morgan fingerprint density at radius 3 is 2.30 bits per heavy atom. The number of hydrogen-bond donors (Lipinski definition) is 1. The zero-order chi connectivity index (χ0) is 14.3. The number of likely N-dealkylation sites (N-methyl/N-ethyl adjacent to an activating group) is 1. The average Bonchev–Trinajstić information content (AvgIpc) is 3.07. The minimum atomic E-state index is -0.938. The Morgan fingerprint density at radius 1 is 1.15 bits per heavy atom. The van der Waals surface area contributed by atoms with Crippen molar-refractivity contribution in [2.24, 2.45) is 11.8 Å². The molecule has 1 N–H and O–H groups in total. The first-order valence-electron chi connectivity index (χ1n) is 7.19. The molecule has 4 atom stereocenters. The highest BCUT2D eigenvalue weighted by Gasteiger charge is 2.54. The molecule has 1 amide bonds. The molecule has 20 heavy (non-hydrogen) atoms. The van der Waals surface area contributed by atoms with Crippen LogP contribution in [0, 0.1) is 11.8 Å². The van der Waals surface area contributed by atoms with E-state index in [1.165, 1.54) is 0 Å². The number of fused-ring (bicyclic) bond motifs is 2. The number of hydrogen-bond acceptors (Lipinski definition) is 4. The molecule has 3 aliphatic heterocycles. The van der Waals surface area contributed by atoms with Crippen molar-refractivity contribution < 1.29 is 19.4 Å². The lowest BCUT2D eigenvalue weighted by molar-refractivity contribution is -0.150. The van der Waals surface area contributed by atoms with Gasteiger partial charge in [-0.05, 0) is 6.54 Å². The largest absolute Gasteiger partial charge is 0.481 e. The summed E-state index contributed by atoms with van der Waals surface area (Å²) in [5, 5.41) is 9.34. The van der Waals surface area contributed by atoms with Crippen LogP contribution < -0.4 is 0 Å². The third-order valence-corrected chi connectivity index (χ3v) is 4.60. The van der Waals surface area contributed by atoms with Gasteiger partial charge in [0.2, 0.25) is 5.91 Å². The van der Waals surface area contributed by atoms with E-state index < -0.39 is 23.9 Å². The fraction of sp³-hybridized carbons (Fsp3) is 0.714. The van der Waals surface area contributed by atoms with Crippen LogP contribution in [0.3, 0.4) is 0 Å². The van der Waals surface area contributed by atoms with E-state index in [1.54, 1.807) is 11.0 Å². The summed E-state index contributed by atoms with van der Waals surface area (Å²) in [6, 6.07) is 0. The van der Waals surface area contributed by atoms with Crippen molar-refractivity contribution in [3.8, 4) is 0 Å². The van der Waals surface area contributed by atoms with Crippen LogP contribution in [0.15, 0.2) is 12.2 Å². The molecular weight excluding hydrogens is 260 g/mol. The molecule has 3 heterocycles. The minimum Gasteiger partial charge on any atom is -0.481 e. The van der Waals surface area contributed by atoms with E-state index in [0.717, 1.165) is 19.6 Å². The summed E-state index contributed by atoms with van der Waals surface area (Å²) in [5.74, 6) is -2.30. The number of carboxylic acids is 1. The number of ether oxygens (including phenoxy) is 1. The van der Waals surface area contributed by atoms with Crippen molar-refractivity contribution in [3.63, 3.8) is 0 Å². The summed E-state index contributed by atoms with van der Waals surface area (Å²) in [7, 11) is 0. The first-order valence-corrected chi connectivity index (χ1v) is 7.19. The molecule has 0 radical (unpaired) electrons. The Kier molecular flexibility index (Phi) is 3.52. The van der Waals surface area contributed by atoms with E-state index in [-0.39, 0.29) is 12.0 Å². The van der Waals surface area contributed by atoms with Crippen molar-refractivity contribution in [2.45, 2.75) is 19.1 Å². The highest BCUT2D eigenvalue weighted by atomic mass is 16.5. The van der Waals surface area contributed by atoms with Crippen LogP contribution in [0.4, 0.5) is 0 Å². The van der Waals surface area contributed by atoms with Gasteiger partial charge in [0, 0.05) is 26.2 Å². The predicted octanol–water partition coefficient (Wildman–Crippen LogP) is -0.195. The number of amides is 1. The van der Waals surface area contributed by atoms with Crippen molar-refractivity contribution in [3.05, 3.63) is 12.2 Å². The molecule has 0 saturated carbocycles. The smallest absolute Gasteiger partial charge is 0.310 e. The normalized spacial score (nSPS) is 36.5. The number of piperazine rings is 1. The Hall–Kier alpha value is -1.40. The predicted molar refractivity (Wildman–Crippen MR) is 71.1 cm³/mol. The van der Waals surface area contributed by atoms with Gasteiger partial charge in [0.1, 0.15) is 5.92 Å². The molecule has 0 aromatic carbocycles. The molecule has 0 aromatic heterocycles. The highest BCUT2D eigenvalue weighted by molar-refractivity contribution is 5.87. The minimum absolute atomic E-state index is 0.0648. The van der Waals surface area contributed by atoms with Gasteiger partial charge in [-0.3, -0.25) is 9.59 Å². The van der Waals surface area contributed by atoms with Crippen LogP contribution in [-0.4, -0.2) is 71.7 Å². The summed E-state index contributed by atoms with van der Waals surface area (Å²) in [6.07, 6.45) is 2.79. The Labute approximate surface area is 118 Å². The summed E-state index contributed by atoms with van der Waals surface area (Å²) < 4.78 is 5.56. The van der Waals surface area contributed by atoms with E-state index >= 15 is 0 Å². The molecule has 0 spiro atoms. The number of carbonyl (C=O) groups excluding carboxylic acids is 1. The zero-order valence-electron chi connectivity index (χ0n) is 11.6. The van der Waals surface area contributed by atoms with Gasteiger partial charge in [-0.25, -0.2) is 0 Å². The van der Waals surface area contributed by atoms with Crippen LogP contribution >= 0.6 is 0 Å². The quantitative estimate of drug-likeness (QED) is 0.725. The molecule has 110 valence electrons. The first-order chi connectivity index (χ1) is 9.61. The van der Waals surface area contributed by atoms with Gasteiger partial charge in [-0.2, -0.15) is 0 Å². The van der Waals surface area contributed by atoms with Crippen LogP contribution in [0.1, 0.15) is 6.92 Å². The molecule has 0 aliphatic carbocycles. The lowest BCUT2D eigenvalue weighted by atomic mass is 9.82. The van der Waals surface area contributed by atoms with Crippen molar-refractivity contribution in [2.75, 3.05) is 32.7 Å². The maximum atomic E-state index is 12.6. The zero-order valence-corrected chi connectivity index (χ0v) is 11.6. The first kappa shape index (κ1) is 13.6. The van der Waals surface area contributed by atoms with Crippen molar-refractivity contribution >= 4 is 11.9 Å². The maximum absolute atomic E-state index is 12.6. The number of rotatable bonds is 3. The van der Waals surface area contributed by atoms with Gasteiger partial charge in [0.05, 0.1) is 18.1 Å². The van der Waals surface area contributed by atoms with Gasteiger partial charge in [-0.15, -0.1) is 0 Å². The van der Waals surface area contributed by atoms with Crippen LogP contribution in [0.25, 0.3) is 0 Å². The Balaban J connectivity index is 1.71. The van der Waals surface area contributed by atoms with E-state index in [0.29, 0.717) is 13.1 Å². The standard InChI is InChI=1S/C14H20N2O4/c1-2-15-5-7-16(8-6-15)13(17)11-9-3-4-10(20-9)12(11)14(18)19/h3-4,9-12H,2,5-8H2,1H3,(H,18,19)/t9-,10+,11?,12?/m0/s1. The summed E-state index contributed by atoms with van der Waals surface area (Å²) >= 11 is 0. The molecular formula is C14H20N2O4. The fourth-order valence-electron chi connectivity index (χ4n) is 3.39. The van der Waals surface area contributed by atoms with Crippen LogP contribution in [0.5, 0.6) is 0 Å². The molecule has 6 heteroatoms. The molecule has 6 nitrogen and oxygen atoms in total. The number of carboxylic acid groups (broad SMARTS) is 1. The van der Waals surface area contributed by atoms with Gasteiger partial charge >= 0.3 is 5.97 Å². The average molecular weight is 280 g/mol. The Bertz CT molecular complexity index is 442. The van der Waals surface area contributed by atoms with E-state index in [1.807, 2.05) is 6.08 Å². The van der Waals surface area contributed by atoms with Crippen molar-refractivity contribution in [1.82, 2.24) is 9.80 Å². The van der Waals surface area contributed by atoms with E-state index in [9.17, 15) is 14.7 Å². The van der Waals surface area contributed by atoms with Gasteiger partial charge in [0.15, 0.2) is 0 Å². The van der Waals surface area contributed by atoms with Gasteiger partial charge < -0.3 is 19.6 Å². The molecule has 2 saturated heterocycles. The molecule has 2 unspecified atom stereocenters. The lowest BCUT2D eigenvalue weighted by Gasteiger charge is -2.36. The van der Waals surface area contributed by atoms with Gasteiger partial charge in [-0.1, -0.05) is 19.1 Å². The lowest BCUT2D eigenvalue weighted by Crippen LogP contribution is -2.52. The van der Waals surface area contributed by atoms with E-state index in [4.69, 9.17) is 4.74 Å². The second-order valence-corrected chi connectivity index (χ2v) is 5.60. The molecule has 2 fully saturated rings. The maximum Gasteiger partial charge on any atom is 0.310 e.